The number of fused-ring (bicyclic) bond motifs is 3. The second-order valence-corrected chi connectivity index (χ2v) is 11.3. The van der Waals surface area contributed by atoms with Crippen molar-refractivity contribution < 1.29 is 19.1 Å². The highest BCUT2D eigenvalue weighted by Crippen LogP contribution is 2.71. The molecule has 0 amide bonds. The first-order chi connectivity index (χ1) is 13.6. The second-order valence-electron chi connectivity index (χ2n) is 11.3. The molecule has 6 atom stereocenters. The minimum Gasteiger partial charge on any atom is -0.469 e. The predicted molar refractivity (Wildman–Crippen MR) is 112 cm³/mol. The molecule has 4 rings (SSSR count). The normalized spacial score (nSPS) is 45.2. The number of carbonyl (C=O) groups excluding carboxylic acids is 2. The zero-order chi connectivity index (χ0) is 20.9. The van der Waals surface area contributed by atoms with Gasteiger partial charge in [0.15, 0.2) is 0 Å². The molecule has 0 heterocycles. The van der Waals surface area contributed by atoms with E-state index in [0.29, 0.717) is 28.8 Å². The fourth-order valence-electron chi connectivity index (χ4n) is 8.06. The molecule has 3 saturated carbocycles. The van der Waals surface area contributed by atoms with Gasteiger partial charge in [-0.25, -0.2) is 0 Å². The Morgan fingerprint density at radius 2 is 1.66 bits per heavy atom. The van der Waals surface area contributed by atoms with Gasteiger partial charge in [0, 0.05) is 5.41 Å². The third kappa shape index (κ3) is 3.45. The summed E-state index contributed by atoms with van der Waals surface area (Å²) in [5.74, 6) is 0.731. The van der Waals surface area contributed by atoms with Gasteiger partial charge in [0.2, 0.25) is 0 Å². The number of hydrogen-bond donors (Lipinski definition) is 0. The van der Waals surface area contributed by atoms with Crippen LogP contribution in [0.1, 0.15) is 85.0 Å². The minimum absolute atomic E-state index is 0.0403. The summed E-state index contributed by atoms with van der Waals surface area (Å²) in [6, 6.07) is 0. The van der Waals surface area contributed by atoms with Gasteiger partial charge < -0.3 is 9.47 Å². The van der Waals surface area contributed by atoms with Crippen molar-refractivity contribution in [1.82, 2.24) is 0 Å². The van der Waals surface area contributed by atoms with Crippen LogP contribution in [0.3, 0.4) is 0 Å². The summed E-state index contributed by atoms with van der Waals surface area (Å²) in [4.78, 5) is 23.5. The molecule has 4 heteroatoms. The maximum atomic E-state index is 12.2. The monoisotopic (exact) mass is 402 g/mol. The molecule has 0 radical (unpaired) electrons. The van der Waals surface area contributed by atoms with Crippen molar-refractivity contribution in [3.8, 4) is 0 Å². The van der Waals surface area contributed by atoms with E-state index in [9.17, 15) is 9.59 Å². The Morgan fingerprint density at radius 3 is 2.41 bits per heavy atom. The molecule has 29 heavy (non-hydrogen) atoms. The Morgan fingerprint density at radius 1 is 0.931 bits per heavy atom. The Balaban J connectivity index is 1.47. The van der Waals surface area contributed by atoms with Gasteiger partial charge in [-0.2, -0.15) is 0 Å². The minimum atomic E-state index is -0.357. The SMILES string of the molecule is COC(=O)CCC(=O)OC[C@@]1(C)CCC[C@]2(C)C3CC[C@@]4(C)C=CC3(CCC12)C4. The highest BCUT2D eigenvalue weighted by Gasteiger charge is 2.63. The molecule has 4 aliphatic rings. The third-order valence-corrected chi connectivity index (χ3v) is 9.37. The van der Waals surface area contributed by atoms with Crippen LogP contribution >= 0.6 is 0 Å². The first-order valence-electron chi connectivity index (χ1n) is 11.6. The number of esters is 2. The Kier molecular flexibility index (Phi) is 5.15. The molecule has 0 aromatic carbocycles. The van der Waals surface area contributed by atoms with Gasteiger partial charge in [0.25, 0.3) is 0 Å². The number of methoxy groups -OCH3 is 1. The van der Waals surface area contributed by atoms with Crippen LogP contribution in [0.5, 0.6) is 0 Å². The standard InChI is InChI=1S/C25H38O4/c1-22-12-8-19-24(3)11-5-10-23(2,17-29-21(27)7-6-20(26)28-4)18(24)9-13-25(19,16-22)15-14-22/h14-15,18-19H,5-13,16-17H2,1-4H3/t18?,19?,22-,23+,24-,25?/m0/s1. The molecule has 4 aliphatic carbocycles. The molecule has 162 valence electrons. The third-order valence-electron chi connectivity index (χ3n) is 9.37. The molecule has 3 unspecified atom stereocenters. The van der Waals surface area contributed by atoms with E-state index in [0.717, 1.165) is 12.3 Å². The molecule has 4 nitrogen and oxygen atoms in total. The van der Waals surface area contributed by atoms with E-state index >= 15 is 0 Å². The average molecular weight is 403 g/mol. The number of carbonyl (C=O) groups is 2. The lowest BCUT2D eigenvalue weighted by atomic mass is 9.40. The van der Waals surface area contributed by atoms with Gasteiger partial charge in [-0.1, -0.05) is 39.3 Å². The highest BCUT2D eigenvalue weighted by atomic mass is 16.5. The van der Waals surface area contributed by atoms with Crippen LogP contribution < -0.4 is 0 Å². The van der Waals surface area contributed by atoms with Crippen LogP contribution in [0.2, 0.25) is 0 Å². The van der Waals surface area contributed by atoms with E-state index < -0.39 is 0 Å². The van der Waals surface area contributed by atoms with Crippen LogP contribution in [0.15, 0.2) is 12.2 Å². The van der Waals surface area contributed by atoms with Gasteiger partial charge in [-0.05, 0) is 73.0 Å². The van der Waals surface area contributed by atoms with Crippen molar-refractivity contribution >= 4 is 11.9 Å². The highest BCUT2D eigenvalue weighted by molar-refractivity contribution is 5.77. The zero-order valence-electron chi connectivity index (χ0n) is 18.7. The number of rotatable bonds is 5. The van der Waals surface area contributed by atoms with Gasteiger partial charge in [0.1, 0.15) is 0 Å². The predicted octanol–water partition coefficient (Wildman–Crippen LogP) is 5.45. The smallest absolute Gasteiger partial charge is 0.306 e. The van der Waals surface area contributed by atoms with Crippen LogP contribution in [-0.2, 0) is 19.1 Å². The fourth-order valence-corrected chi connectivity index (χ4v) is 8.06. The van der Waals surface area contributed by atoms with Gasteiger partial charge >= 0.3 is 11.9 Å². The summed E-state index contributed by atoms with van der Waals surface area (Å²) in [5.41, 5.74) is 1.21. The van der Waals surface area contributed by atoms with Crippen molar-refractivity contribution in [2.45, 2.75) is 85.0 Å². The Labute approximate surface area is 175 Å². The number of ether oxygens (including phenoxy) is 2. The lowest BCUT2D eigenvalue weighted by molar-refractivity contribution is -0.172. The largest absolute Gasteiger partial charge is 0.469 e. The van der Waals surface area contributed by atoms with Crippen molar-refractivity contribution in [1.29, 1.82) is 0 Å². The van der Waals surface area contributed by atoms with Gasteiger partial charge in [-0.3, -0.25) is 9.59 Å². The van der Waals surface area contributed by atoms with E-state index in [4.69, 9.17) is 4.74 Å². The van der Waals surface area contributed by atoms with Gasteiger partial charge in [0.05, 0.1) is 26.6 Å². The zero-order valence-corrected chi connectivity index (χ0v) is 18.7. The quantitative estimate of drug-likeness (QED) is 0.453. The molecule has 0 aromatic rings. The summed E-state index contributed by atoms with van der Waals surface area (Å²) in [5, 5.41) is 0. The van der Waals surface area contributed by atoms with E-state index in [1.807, 2.05) is 0 Å². The van der Waals surface area contributed by atoms with Crippen LogP contribution in [0.4, 0.5) is 0 Å². The molecule has 1 spiro atoms. The lowest BCUT2D eigenvalue weighted by Crippen LogP contribution is -2.58. The molecular weight excluding hydrogens is 364 g/mol. The van der Waals surface area contributed by atoms with E-state index in [1.165, 1.54) is 52.1 Å². The van der Waals surface area contributed by atoms with E-state index in [1.54, 1.807) is 0 Å². The first kappa shape index (κ1) is 20.9. The lowest BCUT2D eigenvalue weighted by Gasteiger charge is -2.64. The molecule has 0 saturated heterocycles. The Bertz CT molecular complexity index is 714. The van der Waals surface area contributed by atoms with Crippen molar-refractivity contribution in [2.24, 2.45) is 33.5 Å². The first-order valence-corrected chi connectivity index (χ1v) is 11.6. The summed E-state index contributed by atoms with van der Waals surface area (Å²) < 4.78 is 10.4. The number of allylic oxidation sites excluding steroid dienone is 2. The molecule has 2 bridgehead atoms. The maximum Gasteiger partial charge on any atom is 0.306 e. The Hall–Kier alpha value is -1.32. The van der Waals surface area contributed by atoms with Crippen LogP contribution in [-0.4, -0.2) is 25.7 Å². The molecule has 0 aromatic heterocycles. The van der Waals surface area contributed by atoms with Crippen molar-refractivity contribution in [2.75, 3.05) is 13.7 Å². The molecule has 0 N–H and O–H groups in total. The summed E-state index contributed by atoms with van der Waals surface area (Å²) >= 11 is 0. The molecular formula is C25H38O4. The maximum absolute atomic E-state index is 12.2. The number of hydrogen-bond acceptors (Lipinski definition) is 4. The van der Waals surface area contributed by atoms with Crippen LogP contribution in [0, 0.1) is 33.5 Å². The topological polar surface area (TPSA) is 52.6 Å². The average Bonchev–Trinajstić information content (AvgIpc) is 2.93. The van der Waals surface area contributed by atoms with E-state index in [2.05, 4.69) is 37.7 Å². The van der Waals surface area contributed by atoms with E-state index in [-0.39, 0.29) is 30.2 Å². The molecule has 0 aliphatic heterocycles. The fraction of sp³-hybridized carbons (Fsp3) is 0.840. The van der Waals surface area contributed by atoms with Crippen molar-refractivity contribution in [3.63, 3.8) is 0 Å². The summed E-state index contributed by atoms with van der Waals surface area (Å²) in [6.07, 6.45) is 15.5. The summed E-state index contributed by atoms with van der Waals surface area (Å²) in [7, 11) is 1.35. The second kappa shape index (κ2) is 7.13. The van der Waals surface area contributed by atoms with Crippen molar-refractivity contribution in [3.05, 3.63) is 12.2 Å². The van der Waals surface area contributed by atoms with Crippen LogP contribution in [0.25, 0.3) is 0 Å². The van der Waals surface area contributed by atoms with Gasteiger partial charge in [-0.15, -0.1) is 0 Å². The summed E-state index contributed by atoms with van der Waals surface area (Å²) in [6.45, 7) is 7.83. The molecule has 3 fully saturated rings.